The van der Waals surface area contributed by atoms with Crippen LogP contribution in [-0.4, -0.2) is 15.0 Å². The van der Waals surface area contributed by atoms with Crippen LogP contribution in [0, 0.1) is 0 Å². The lowest BCUT2D eigenvalue weighted by Crippen LogP contribution is -1.97. The maximum Gasteiger partial charge on any atom is 0.162 e. The molecule has 3 heteroatoms. The van der Waals surface area contributed by atoms with E-state index in [4.69, 9.17) is 15.0 Å². The lowest BCUT2D eigenvalue weighted by molar-refractivity contribution is 1.27. The third-order valence-electron chi connectivity index (χ3n) is 6.92. The van der Waals surface area contributed by atoms with E-state index >= 15 is 0 Å². The number of hydrogen-bond acceptors (Lipinski definition) is 3. The molecule has 0 atom stereocenters. The largest absolute Gasteiger partial charge is 0.236 e. The molecule has 3 heterocycles. The molecule has 0 N–H and O–H groups in total. The molecule has 0 aliphatic carbocycles. The Hall–Kier alpha value is -5.15. The second-order valence-electron chi connectivity index (χ2n) is 9.30. The maximum atomic E-state index is 5.10. The third-order valence-corrected chi connectivity index (χ3v) is 6.92. The predicted molar refractivity (Wildman–Crippen MR) is 157 cm³/mol. The molecule has 178 valence electrons. The van der Waals surface area contributed by atoms with Crippen LogP contribution in [0.2, 0.25) is 0 Å². The average molecular weight is 486 g/mol. The van der Waals surface area contributed by atoms with Gasteiger partial charge in [-0.05, 0) is 28.8 Å². The Labute approximate surface area is 221 Å². The van der Waals surface area contributed by atoms with Gasteiger partial charge in [0.15, 0.2) is 11.3 Å². The van der Waals surface area contributed by atoms with Crippen LogP contribution in [0.1, 0.15) is 0 Å². The van der Waals surface area contributed by atoms with E-state index in [1.54, 1.807) is 0 Å². The molecule has 38 heavy (non-hydrogen) atoms. The summed E-state index contributed by atoms with van der Waals surface area (Å²) < 4.78 is 0. The average Bonchev–Trinajstić information content (AvgIpc) is 3.00. The number of aromatic nitrogens is 3. The summed E-state index contributed by atoms with van der Waals surface area (Å²) in [6.45, 7) is 0. The van der Waals surface area contributed by atoms with Crippen molar-refractivity contribution in [3.8, 4) is 44.6 Å². The summed E-state index contributed by atoms with van der Waals surface area (Å²) in [5.41, 5.74) is 10.0. The van der Waals surface area contributed by atoms with Crippen molar-refractivity contribution in [3.05, 3.63) is 140 Å². The van der Waals surface area contributed by atoms with Crippen molar-refractivity contribution in [2.24, 2.45) is 0 Å². The van der Waals surface area contributed by atoms with E-state index in [-0.39, 0.29) is 0 Å². The van der Waals surface area contributed by atoms with Crippen LogP contribution >= 0.6 is 0 Å². The molecule has 0 unspecified atom stereocenters. The van der Waals surface area contributed by atoms with Crippen LogP contribution < -0.4 is 0 Å². The summed E-state index contributed by atoms with van der Waals surface area (Å²) in [6.07, 6.45) is 1.94. The van der Waals surface area contributed by atoms with Crippen molar-refractivity contribution in [3.63, 3.8) is 0 Å². The van der Waals surface area contributed by atoms with Gasteiger partial charge in [0.2, 0.25) is 0 Å². The number of benzene rings is 4. The Kier molecular flexibility index (Phi) is 5.45. The molecule has 0 fully saturated rings. The normalized spacial score (nSPS) is 11.2. The highest BCUT2D eigenvalue weighted by atomic mass is 14.9. The van der Waals surface area contributed by atoms with Gasteiger partial charge in [0, 0.05) is 39.2 Å². The predicted octanol–water partition coefficient (Wildman–Crippen LogP) is 8.85. The molecular formula is C35H23N3. The smallest absolute Gasteiger partial charge is 0.162 e. The quantitative estimate of drug-likeness (QED) is 0.234. The van der Waals surface area contributed by atoms with Crippen LogP contribution in [0.3, 0.4) is 0 Å². The first kappa shape index (κ1) is 22.1. The second kappa shape index (κ2) is 9.38. The van der Waals surface area contributed by atoms with E-state index in [0.29, 0.717) is 11.3 Å². The van der Waals surface area contributed by atoms with Gasteiger partial charge in [-0.1, -0.05) is 121 Å². The van der Waals surface area contributed by atoms with E-state index in [1.165, 1.54) is 0 Å². The van der Waals surface area contributed by atoms with Crippen molar-refractivity contribution >= 4 is 22.1 Å². The summed E-state index contributed by atoms with van der Waals surface area (Å²) in [4.78, 5) is 14.9. The summed E-state index contributed by atoms with van der Waals surface area (Å²) in [6, 6.07) is 46.1. The van der Waals surface area contributed by atoms with Crippen molar-refractivity contribution in [2.75, 3.05) is 0 Å². The Morgan fingerprint density at radius 1 is 0.421 bits per heavy atom. The lowest BCUT2D eigenvalue weighted by atomic mass is 9.92. The minimum absolute atomic E-state index is 0.690. The number of nitrogens with zero attached hydrogens (tertiary/aromatic N) is 3. The Balaban J connectivity index is 1.55. The first-order chi connectivity index (χ1) is 18.8. The molecule has 4 aromatic carbocycles. The third kappa shape index (κ3) is 3.91. The molecule has 0 aliphatic rings. The van der Waals surface area contributed by atoms with Gasteiger partial charge >= 0.3 is 0 Å². The standard InChI is InChI=1S/C35H23N3/c1-5-13-24(14-6-1)29-21-28-22-30-32(26-17-9-3-10-18-26)31(25-15-7-2-8-16-25)23-36-35(30)38-34(28)37-33(29)27-19-11-4-12-20-27/h1-23H. The van der Waals surface area contributed by atoms with Gasteiger partial charge in [-0.25, -0.2) is 15.0 Å². The summed E-state index contributed by atoms with van der Waals surface area (Å²) >= 11 is 0. The van der Waals surface area contributed by atoms with Crippen LogP contribution in [0.5, 0.6) is 0 Å². The number of rotatable bonds is 4. The molecule has 7 aromatic rings. The second-order valence-corrected chi connectivity index (χ2v) is 9.30. The molecule has 0 aliphatic heterocycles. The van der Waals surface area contributed by atoms with Gasteiger partial charge in [0.05, 0.1) is 5.69 Å². The minimum atomic E-state index is 0.690. The van der Waals surface area contributed by atoms with Gasteiger partial charge in [-0.15, -0.1) is 0 Å². The van der Waals surface area contributed by atoms with Crippen LogP contribution in [0.25, 0.3) is 66.7 Å². The first-order valence-electron chi connectivity index (χ1n) is 12.7. The van der Waals surface area contributed by atoms with E-state index in [0.717, 1.165) is 55.4 Å². The molecule has 0 radical (unpaired) electrons. The Morgan fingerprint density at radius 3 is 1.55 bits per heavy atom. The fraction of sp³-hybridized carbons (Fsp3) is 0. The van der Waals surface area contributed by atoms with Gasteiger partial charge in [-0.2, -0.15) is 0 Å². The van der Waals surface area contributed by atoms with Crippen LogP contribution in [0.15, 0.2) is 140 Å². The molecule has 0 saturated carbocycles. The zero-order valence-corrected chi connectivity index (χ0v) is 20.6. The van der Waals surface area contributed by atoms with Gasteiger partial charge in [0.1, 0.15) is 0 Å². The van der Waals surface area contributed by atoms with Crippen molar-refractivity contribution in [1.29, 1.82) is 0 Å². The summed E-state index contributed by atoms with van der Waals surface area (Å²) in [5, 5.41) is 2.00. The molecular weight excluding hydrogens is 462 g/mol. The summed E-state index contributed by atoms with van der Waals surface area (Å²) in [7, 11) is 0. The lowest BCUT2D eigenvalue weighted by Gasteiger charge is -2.15. The monoisotopic (exact) mass is 485 g/mol. The first-order valence-corrected chi connectivity index (χ1v) is 12.7. The van der Waals surface area contributed by atoms with E-state index in [2.05, 4.69) is 97.1 Å². The van der Waals surface area contributed by atoms with Crippen LogP contribution in [-0.2, 0) is 0 Å². The number of fused-ring (bicyclic) bond motifs is 2. The Bertz CT molecular complexity index is 1850. The molecule has 7 rings (SSSR count). The van der Waals surface area contributed by atoms with Crippen molar-refractivity contribution < 1.29 is 0 Å². The van der Waals surface area contributed by atoms with E-state index in [9.17, 15) is 0 Å². The number of pyridine rings is 3. The van der Waals surface area contributed by atoms with Gasteiger partial charge < -0.3 is 0 Å². The van der Waals surface area contributed by atoms with Gasteiger partial charge in [0.25, 0.3) is 0 Å². The molecule has 0 spiro atoms. The van der Waals surface area contributed by atoms with Crippen molar-refractivity contribution in [1.82, 2.24) is 15.0 Å². The fourth-order valence-corrected chi connectivity index (χ4v) is 5.12. The molecule has 0 saturated heterocycles. The molecule has 3 aromatic heterocycles. The maximum absolute atomic E-state index is 5.10. The fourth-order valence-electron chi connectivity index (χ4n) is 5.12. The Morgan fingerprint density at radius 2 is 0.947 bits per heavy atom. The van der Waals surface area contributed by atoms with Crippen LogP contribution in [0.4, 0.5) is 0 Å². The zero-order valence-electron chi connectivity index (χ0n) is 20.6. The molecule has 3 nitrogen and oxygen atoms in total. The van der Waals surface area contributed by atoms with Gasteiger partial charge in [-0.3, -0.25) is 0 Å². The van der Waals surface area contributed by atoms with E-state index < -0.39 is 0 Å². The highest BCUT2D eigenvalue weighted by Gasteiger charge is 2.17. The SMILES string of the molecule is c1ccc(-c2cc3cc4c(-c5ccccc5)c(-c5ccccc5)cnc4nc3nc2-c2ccccc2)cc1. The summed E-state index contributed by atoms with van der Waals surface area (Å²) in [5.74, 6) is 0. The van der Waals surface area contributed by atoms with Crippen molar-refractivity contribution in [2.45, 2.75) is 0 Å². The highest BCUT2D eigenvalue weighted by molar-refractivity contribution is 6.05. The minimum Gasteiger partial charge on any atom is -0.236 e. The molecule has 0 amide bonds. The van der Waals surface area contributed by atoms with E-state index in [1.807, 2.05) is 42.6 Å². The molecule has 0 bridgehead atoms. The topological polar surface area (TPSA) is 38.7 Å². The zero-order chi connectivity index (χ0) is 25.3. The number of hydrogen-bond donors (Lipinski definition) is 0. The highest BCUT2D eigenvalue weighted by Crippen LogP contribution is 2.39.